The van der Waals surface area contributed by atoms with Crippen LogP contribution < -0.4 is 5.73 Å². The van der Waals surface area contributed by atoms with Crippen LogP contribution in [0.15, 0.2) is 0 Å². The van der Waals surface area contributed by atoms with E-state index in [1.807, 2.05) is 0 Å². The molecule has 2 bridgehead atoms. The van der Waals surface area contributed by atoms with Crippen molar-refractivity contribution in [3.8, 4) is 0 Å². The molecule has 5 nitrogen and oxygen atoms in total. The van der Waals surface area contributed by atoms with E-state index in [1.54, 1.807) is 0 Å². The lowest BCUT2D eigenvalue weighted by atomic mass is 10.0. The van der Waals surface area contributed by atoms with Gasteiger partial charge in [-0.15, -0.1) is 0 Å². The maximum Gasteiger partial charge on any atom is 0.188 e. The fourth-order valence-electron chi connectivity index (χ4n) is 3.95. The van der Waals surface area contributed by atoms with Crippen molar-refractivity contribution in [2.45, 2.75) is 12.5 Å². The molecule has 0 aromatic rings. The topological polar surface area (TPSA) is 53.1 Å². The summed E-state index contributed by atoms with van der Waals surface area (Å²) in [7, 11) is 2.41. The zero-order valence-corrected chi connectivity index (χ0v) is 10.9. The van der Waals surface area contributed by atoms with Crippen LogP contribution >= 0.6 is 0 Å². The van der Waals surface area contributed by atoms with E-state index in [0.717, 1.165) is 19.1 Å². The number of nitrogens with one attached hydrogen (secondary N) is 1. The van der Waals surface area contributed by atoms with E-state index in [9.17, 15) is 0 Å². The zero-order chi connectivity index (χ0) is 12.1. The average Bonchev–Trinajstić information content (AvgIpc) is 2.80. The number of likely N-dealkylation sites (tertiary alicyclic amines) is 1. The molecule has 0 spiro atoms. The second-order valence-electron chi connectivity index (χ2n) is 6.45. The van der Waals surface area contributed by atoms with E-state index in [-0.39, 0.29) is 5.96 Å². The SMILES string of the molecule is C[N+]12CC[N+](C3CCN(C(=N)N)C3)(CC1)CC2. The van der Waals surface area contributed by atoms with Crippen LogP contribution in [0.3, 0.4) is 0 Å². The number of hydrogen-bond donors (Lipinski definition) is 2. The standard InChI is InChI=1S/C12H25N5/c1-16-4-7-17(8-5-16,9-6-16)11-2-3-15(10-11)12(13)14/h11H,2-10H2,1H3,(H3,13,14)/q+2. The Morgan fingerprint density at radius 3 is 2.24 bits per heavy atom. The molecule has 3 N–H and O–H groups in total. The highest BCUT2D eigenvalue weighted by Crippen LogP contribution is 2.31. The highest BCUT2D eigenvalue weighted by atomic mass is 15.5. The maximum atomic E-state index is 7.55. The second-order valence-corrected chi connectivity index (χ2v) is 6.45. The molecule has 0 amide bonds. The first-order chi connectivity index (χ1) is 8.03. The van der Waals surface area contributed by atoms with Gasteiger partial charge < -0.3 is 19.6 Å². The number of nitrogens with two attached hydrogens (primary N) is 1. The molecule has 0 aliphatic carbocycles. The van der Waals surface area contributed by atoms with Crippen LogP contribution in [0.1, 0.15) is 6.42 Å². The van der Waals surface area contributed by atoms with Gasteiger partial charge in [-0.3, -0.25) is 5.41 Å². The molecule has 1 unspecified atom stereocenters. The van der Waals surface area contributed by atoms with Gasteiger partial charge in [-0.2, -0.15) is 0 Å². The minimum atomic E-state index is 0.264. The van der Waals surface area contributed by atoms with Crippen LogP contribution in [-0.2, 0) is 0 Å². The van der Waals surface area contributed by atoms with Gasteiger partial charge in [-0.25, -0.2) is 0 Å². The number of quaternary nitrogens is 2. The molecule has 96 valence electrons. The number of hydrogen-bond acceptors (Lipinski definition) is 1. The molecule has 4 aliphatic heterocycles. The van der Waals surface area contributed by atoms with Gasteiger partial charge in [0.25, 0.3) is 0 Å². The van der Waals surface area contributed by atoms with Crippen LogP contribution in [-0.4, -0.2) is 85.3 Å². The quantitative estimate of drug-likeness (QED) is 0.359. The summed E-state index contributed by atoms with van der Waals surface area (Å²) in [4.78, 5) is 2.05. The lowest BCUT2D eigenvalue weighted by Crippen LogP contribution is -2.76. The zero-order valence-electron chi connectivity index (χ0n) is 10.9. The second kappa shape index (κ2) is 3.59. The maximum absolute atomic E-state index is 7.55. The molecule has 1 atom stereocenters. The summed E-state index contributed by atoms with van der Waals surface area (Å²) in [6.07, 6.45) is 1.23. The monoisotopic (exact) mass is 239 g/mol. The largest absolute Gasteiger partial charge is 0.370 e. The van der Waals surface area contributed by atoms with Crippen LogP contribution in [0.5, 0.6) is 0 Å². The minimum absolute atomic E-state index is 0.264. The van der Waals surface area contributed by atoms with Crippen molar-refractivity contribution < 1.29 is 8.97 Å². The molecule has 4 heterocycles. The van der Waals surface area contributed by atoms with Gasteiger partial charge in [0, 0.05) is 13.0 Å². The number of fused-ring (bicyclic) bond motifs is 3. The molecule has 4 fully saturated rings. The van der Waals surface area contributed by atoms with Crippen molar-refractivity contribution in [2.75, 3.05) is 59.4 Å². The van der Waals surface area contributed by atoms with Crippen molar-refractivity contribution in [3.05, 3.63) is 0 Å². The number of nitrogens with zero attached hydrogens (tertiary/aromatic N) is 3. The average molecular weight is 239 g/mol. The first-order valence-corrected chi connectivity index (χ1v) is 6.81. The summed E-state index contributed by atoms with van der Waals surface area (Å²) in [5.41, 5.74) is 5.60. The fraction of sp³-hybridized carbons (Fsp3) is 0.917. The van der Waals surface area contributed by atoms with Gasteiger partial charge in [0.15, 0.2) is 5.96 Å². The molecular weight excluding hydrogens is 214 g/mol. The normalized spacial score (nSPS) is 45.2. The minimum Gasteiger partial charge on any atom is -0.370 e. The molecule has 4 aliphatic rings. The van der Waals surface area contributed by atoms with E-state index >= 15 is 0 Å². The first-order valence-electron chi connectivity index (χ1n) is 6.81. The highest BCUT2D eigenvalue weighted by Gasteiger charge is 2.52. The molecule has 4 saturated heterocycles. The molecule has 5 heteroatoms. The predicted molar refractivity (Wildman–Crippen MR) is 67.5 cm³/mol. The Kier molecular flexibility index (Phi) is 2.38. The fourth-order valence-corrected chi connectivity index (χ4v) is 3.95. The first kappa shape index (κ1) is 11.3. The number of rotatable bonds is 1. The molecular formula is C12H25N5+2. The third kappa shape index (κ3) is 1.72. The van der Waals surface area contributed by atoms with Crippen LogP contribution in [0.4, 0.5) is 0 Å². The predicted octanol–water partition coefficient (Wildman–Crippen LogP) is -0.755. The number of piperazine rings is 3. The summed E-state index contributed by atoms with van der Waals surface area (Å²) < 4.78 is 2.61. The van der Waals surface area contributed by atoms with Gasteiger partial charge in [0.1, 0.15) is 45.3 Å². The third-order valence-electron chi connectivity index (χ3n) is 5.53. The lowest BCUT2D eigenvalue weighted by molar-refractivity contribution is -1.08. The third-order valence-corrected chi connectivity index (χ3v) is 5.53. The molecule has 0 saturated carbocycles. The lowest BCUT2D eigenvalue weighted by Gasteiger charge is -2.56. The molecule has 4 rings (SSSR count). The molecule has 0 aromatic carbocycles. The van der Waals surface area contributed by atoms with Crippen LogP contribution in [0, 0.1) is 5.41 Å². The Hall–Kier alpha value is -0.810. The van der Waals surface area contributed by atoms with Crippen LogP contribution in [0.25, 0.3) is 0 Å². The van der Waals surface area contributed by atoms with E-state index in [1.165, 1.54) is 54.7 Å². The number of guanidine groups is 1. The van der Waals surface area contributed by atoms with E-state index in [0.29, 0.717) is 0 Å². The molecule has 17 heavy (non-hydrogen) atoms. The van der Waals surface area contributed by atoms with Gasteiger partial charge in [-0.05, 0) is 0 Å². The Balaban J connectivity index is 1.71. The highest BCUT2D eigenvalue weighted by molar-refractivity contribution is 5.74. The van der Waals surface area contributed by atoms with Crippen molar-refractivity contribution in [2.24, 2.45) is 5.73 Å². The smallest absolute Gasteiger partial charge is 0.188 e. The van der Waals surface area contributed by atoms with Crippen molar-refractivity contribution in [3.63, 3.8) is 0 Å². The molecule has 0 radical (unpaired) electrons. The van der Waals surface area contributed by atoms with Crippen molar-refractivity contribution >= 4 is 5.96 Å². The van der Waals surface area contributed by atoms with Gasteiger partial charge in [0.2, 0.25) is 0 Å². The van der Waals surface area contributed by atoms with Crippen molar-refractivity contribution in [1.82, 2.24) is 4.90 Å². The Labute approximate surface area is 103 Å². The van der Waals surface area contributed by atoms with Crippen LogP contribution in [0.2, 0.25) is 0 Å². The Morgan fingerprint density at radius 1 is 1.18 bits per heavy atom. The van der Waals surface area contributed by atoms with E-state index in [4.69, 9.17) is 11.1 Å². The van der Waals surface area contributed by atoms with E-state index < -0.39 is 0 Å². The molecule has 0 aromatic heterocycles. The summed E-state index contributed by atoms with van der Waals surface area (Å²) in [6.45, 7) is 10.1. The summed E-state index contributed by atoms with van der Waals surface area (Å²) in [6, 6.07) is 0.730. The summed E-state index contributed by atoms with van der Waals surface area (Å²) in [5.74, 6) is 0.264. The van der Waals surface area contributed by atoms with Gasteiger partial charge in [0.05, 0.1) is 13.6 Å². The summed E-state index contributed by atoms with van der Waals surface area (Å²) >= 11 is 0. The van der Waals surface area contributed by atoms with E-state index in [2.05, 4.69) is 11.9 Å². The van der Waals surface area contributed by atoms with Gasteiger partial charge >= 0.3 is 0 Å². The Bertz CT molecular complexity index is 315. The van der Waals surface area contributed by atoms with Crippen molar-refractivity contribution in [1.29, 1.82) is 5.41 Å². The Morgan fingerprint density at radius 2 is 1.76 bits per heavy atom. The number of likely N-dealkylation sites (N-methyl/N-ethyl adjacent to an activating group) is 1. The van der Waals surface area contributed by atoms with Gasteiger partial charge in [-0.1, -0.05) is 0 Å². The summed E-state index contributed by atoms with van der Waals surface area (Å²) in [5, 5.41) is 7.55.